The van der Waals surface area contributed by atoms with Crippen molar-refractivity contribution < 1.29 is 4.74 Å². The molecule has 0 spiro atoms. The van der Waals surface area contributed by atoms with Crippen LogP contribution in [0, 0.1) is 0 Å². The minimum atomic E-state index is 0.0149. The Kier molecular flexibility index (Phi) is 5.82. The maximum absolute atomic E-state index is 5.58. The van der Waals surface area contributed by atoms with Crippen molar-refractivity contribution in [3.05, 3.63) is 0 Å². The van der Waals surface area contributed by atoms with Crippen molar-refractivity contribution in [3.8, 4) is 6.01 Å². The Labute approximate surface area is 106 Å². The van der Waals surface area contributed by atoms with Crippen LogP contribution in [0.5, 0.6) is 6.01 Å². The Hall–Kier alpha value is -1.24. The number of nitrogens with two attached hydrogens (primary N) is 1. The van der Waals surface area contributed by atoms with Crippen LogP contribution in [-0.4, -0.2) is 39.6 Å². The summed E-state index contributed by atoms with van der Waals surface area (Å²) in [5, 5.41) is 3.10. The zero-order valence-corrected chi connectivity index (χ0v) is 11.3. The molecule has 0 atom stereocenters. The molecule has 0 aliphatic carbocycles. The molecule has 0 amide bonds. The van der Waals surface area contributed by atoms with E-state index in [4.69, 9.17) is 10.5 Å². The average molecular weight is 257 g/mol. The third-order valence-corrected chi connectivity index (χ3v) is 2.48. The second-order valence-corrected chi connectivity index (χ2v) is 4.73. The Balaban J connectivity index is 2.56. The minimum Gasteiger partial charge on any atom is -0.461 e. The molecule has 96 valence electrons. The number of nitrogen functional groups attached to an aromatic ring is 1. The van der Waals surface area contributed by atoms with Gasteiger partial charge in [0.2, 0.25) is 11.9 Å². The summed E-state index contributed by atoms with van der Waals surface area (Å²) >= 11 is 1.81. The Bertz CT molecular complexity index is 347. The summed E-state index contributed by atoms with van der Waals surface area (Å²) in [6.45, 7) is 4.63. The third kappa shape index (κ3) is 5.58. The van der Waals surface area contributed by atoms with E-state index in [-0.39, 0.29) is 18.1 Å². The number of rotatable bonds is 7. The summed E-state index contributed by atoms with van der Waals surface area (Å²) in [6.07, 6.45) is 3.14. The van der Waals surface area contributed by atoms with Gasteiger partial charge >= 0.3 is 6.01 Å². The first-order chi connectivity index (χ1) is 8.11. The van der Waals surface area contributed by atoms with E-state index >= 15 is 0 Å². The van der Waals surface area contributed by atoms with E-state index < -0.39 is 0 Å². The summed E-state index contributed by atoms with van der Waals surface area (Å²) in [6, 6.07) is 0.264. The van der Waals surface area contributed by atoms with E-state index in [0.717, 1.165) is 18.7 Å². The highest BCUT2D eigenvalue weighted by Gasteiger charge is 2.06. The van der Waals surface area contributed by atoms with Crippen molar-refractivity contribution >= 4 is 23.7 Å². The molecule has 0 saturated carbocycles. The lowest BCUT2D eigenvalue weighted by Crippen LogP contribution is -2.13. The highest BCUT2D eigenvalue weighted by Crippen LogP contribution is 2.10. The minimum absolute atomic E-state index is 0.0149. The summed E-state index contributed by atoms with van der Waals surface area (Å²) in [7, 11) is 0. The van der Waals surface area contributed by atoms with Crippen LogP contribution < -0.4 is 15.8 Å². The van der Waals surface area contributed by atoms with Gasteiger partial charge in [-0.2, -0.15) is 26.7 Å². The van der Waals surface area contributed by atoms with Gasteiger partial charge in [0.25, 0.3) is 0 Å². The maximum Gasteiger partial charge on any atom is 0.323 e. The first-order valence-corrected chi connectivity index (χ1v) is 6.92. The van der Waals surface area contributed by atoms with E-state index in [1.165, 1.54) is 0 Å². The first kappa shape index (κ1) is 13.8. The summed E-state index contributed by atoms with van der Waals surface area (Å²) in [5.41, 5.74) is 5.58. The number of anilines is 2. The number of thioether (sulfide) groups is 1. The van der Waals surface area contributed by atoms with E-state index in [9.17, 15) is 0 Å². The maximum atomic E-state index is 5.58. The number of hydrogen-bond acceptors (Lipinski definition) is 7. The van der Waals surface area contributed by atoms with Crippen molar-refractivity contribution in [2.24, 2.45) is 0 Å². The van der Waals surface area contributed by atoms with Gasteiger partial charge in [0.1, 0.15) is 0 Å². The van der Waals surface area contributed by atoms with Crippen LogP contribution in [0.1, 0.15) is 20.3 Å². The fourth-order valence-corrected chi connectivity index (χ4v) is 1.56. The molecule has 0 aliphatic rings. The molecule has 1 rings (SSSR count). The van der Waals surface area contributed by atoms with Gasteiger partial charge in [-0.05, 0) is 32.3 Å². The smallest absolute Gasteiger partial charge is 0.323 e. The second kappa shape index (κ2) is 7.16. The highest BCUT2D eigenvalue weighted by atomic mass is 32.2. The van der Waals surface area contributed by atoms with Gasteiger partial charge in [-0.1, -0.05) is 0 Å². The van der Waals surface area contributed by atoms with Crippen LogP contribution in [0.25, 0.3) is 0 Å². The first-order valence-electron chi connectivity index (χ1n) is 5.53. The Morgan fingerprint density at radius 3 is 2.76 bits per heavy atom. The Morgan fingerprint density at radius 1 is 1.35 bits per heavy atom. The molecule has 17 heavy (non-hydrogen) atoms. The fraction of sp³-hybridized carbons (Fsp3) is 0.700. The van der Waals surface area contributed by atoms with Crippen molar-refractivity contribution in [1.82, 2.24) is 15.0 Å². The summed E-state index contributed by atoms with van der Waals surface area (Å²) in [4.78, 5) is 12.0. The van der Waals surface area contributed by atoms with Gasteiger partial charge in [0.15, 0.2) is 0 Å². The van der Waals surface area contributed by atoms with E-state index in [1.54, 1.807) is 0 Å². The van der Waals surface area contributed by atoms with Crippen LogP contribution >= 0.6 is 11.8 Å². The van der Waals surface area contributed by atoms with Crippen molar-refractivity contribution in [3.63, 3.8) is 0 Å². The SMILES string of the molecule is CSCCCNc1nc(N)nc(OC(C)C)n1. The fourth-order valence-electron chi connectivity index (χ4n) is 1.13. The predicted molar refractivity (Wildman–Crippen MR) is 71.5 cm³/mol. The van der Waals surface area contributed by atoms with Crippen LogP contribution in [0.2, 0.25) is 0 Å². The highest BCUT2D eigenvalue weighted by molar-refractivity contribution is 7.98. The zero-order chi connectivity index (χ0) is 12.7. The molecule has 0 aromatic carbocycles. The summed E-state index contributed by atoms with van der Waals surface area (Å²) in [5.74, 6) is 1.74. The molecule has 1 aromatic rings. The largest absolute Gasteiger partial charge is 0.461 e. The molecular weight excluding hydrogens is 238 g/mol. The van der Waals surface area contributed by atoms with Gasteiger partial charge in [-0.25, -0.2) is 0 Å². The van der Waals surface area contributed by atoms with Crippen LogP contribution in [0.3, 0.4) is 0 Å². The molecule has 1 heterocycles. The number of nitrogens with one attached hydrogen (secondary N) is 1. The van der Waals surface area contributed by atoms with E-state index in [1.807, 2.05) is 25.6 Å². The lowest BCUT2D eigenvalue weighted by atomic mass is 10.5. The van der Waals surface area contributed by atoms with Gasteiger partial charge < -0.3 is 15.8 Å². The van der Waals surface area contributed by atoms with Crippen LogP contribution in [0.4, 0.5) is 11.9 Å². The van der Waals surface area contributed by atoms with Gasteiger partial charge in [0, 0.05) is 6.54 Å². The van der Waals surface area contributed by atoms with Gasteiger partial charge in [-0.3, -0.25) is 0 Å². The Morgan fingerprint density at radius 2 is 2.12 bits per heavy atom. The van der Waals surface area contributed by atoms with Gasteiger partial charge in [0.05, 0.1) is 6.10 Å². The molecule has 0 unspecified atom stereocenters. The number of hydrogen-bond donors (Lipinski definition) is 2. The molecular formula is C10H19N5OS. The molecule has 0 bridgehead atoms. The average Bonchev–Trinajstić information content (AvgIpc) is 2.22. The third-order valence-electron chi connectivity index (χ3n) is 1.78. The summed E-state index contributed by atoms with van der Waals surface area (Å²) < 4.78 is 5.38. The van der Waals surface area contributed by atoms with Crippen molar-refractivity contribution in [2.75, 3.05) is 29.6 Å². The van der Waals surface area contributed by atoms with Crippen molar-refractivity contribution in [1.29, 1.82) is 0 Å². The molecule has 6 nitrogen and oxygen atoms in total. The predicted octanol–water partition coefficient (Wildman–Crippen LogP) is 1.41. The van der Waals surface area contributed by atoms with Gasteiger partial charge in [-0.15, -0.1) is 0 Å². The topological polar surface area (TPSA) is 86.0 Å². The normalized spacial score (nSPS) is 10.6. The molecule has 0 aliphatic heterocycles. The molecule has 0 saturated heterocycles. The molecule has 3 N–H and O–H groups in total. The number of aromatic nitrogens is 3. The standard InChI is InChI=1S/C10H19N5OS/c1-7(2)16-10-14-8(11)13-9(15-10)12-5-4-6-17-3/h7H,4-6H2,1-3H3,(H3,11,12,13,14,15). The monoisotopic (exact) mass is 257 g/mol. The molecule has 7 heteroatoms. The second-order valence-electron chi connectivity index (χ2n) is 3.74. The number of nitrogens with zero attached hydrogens (tertiary/aromatic N) is 3. The van der Waals surface area contributed by atoms with E-state index in [2.05, 4.69) is 26.5 Å². The lowest BCUT2D eigenvalue weighted by molar-refractivity contribution is 0.222. The van der Waals surface area contributed by atoms with Crippen molar-refractivity contribution in [2.45, 2.75) is 26.4 Å². The molecule has 0 radical (unpaired) electrons. The quantitative estimate of drug-likeness (QED) is 0.714. The lowest BCUT2D eigenvalue weighted by Gasteiger charge is -2.09. The molecule has 0 fully saturated rings. The molecule has 1 aromatic heterocycles. The van der Waals surface area contributed by atoms with E-state index in [0.29, 0.717) is 5.95 Å². The van der Waals surface area contributed by atoms with Crippen LogP contribution in [0.15, 0.2) is 0 Å². The van der Waals surface area contributed by atoms with Crippen LogP contribution in [-0.2, 0) is 0 Å². The number of ether oxygens (including phenoxy) is 1. The zero-order valence-electron chi connectivity index (χ0n) is 10.4.